The molecule has 1 aromatic heterocycles. The molecule has 0 saturated heterocycles. The van der Waals surface area contributed by atoms with Crippen molar-refractivity contribution >= 4 is 11.5 Å². The number of imidazole rings is 1. The number of ketones is 1. The van der Waals surface area contributed by atoms with E-state index in [-0.39, 0.29) is 5.78 Å². The van der Waals surface area contributed by atoms with E-state index in [1.165, 1.54) is 0 Å². The van der Waals surface area contributed by atoms with Crippen molar-refractivity contribution in [3.05, 3.63) is 24.3 Å². The molecule has 2 bridgehead atoms. The summed E-state index contributed by atoms with van der Waals surface area (Å²) in [6, 6.07) is 0. The smallest absolute Gasteiger partial charge is 0.248 e. The third-order valence-electron chi connectivity index (χ3n) is 1.55. The highest BCUT2D eigenvalue weighted by Crippen LogP contribution is 2.20. The van der Waals surface area contributed by atoms with Crippen LogP contribution < -0.4 is 0 Å². The summed E-state index contributed by atoms with van der Waals surface area (Å²) in [7, 11) is 0. The second kappa shape index (κ2) is 1.37. The number of fused-ring (bicyclic) bond motifs is 1. The lowest BCUT2D eigenvalue weighted by atomic mass is 10.2. The van der Waals surface area contributed by atoms with Gasteiger partial charge < -0.3 is 4.57 Å². The van der Waals surface area contributed by atoms with E-state index in [1.54, 1.807) is 10.8 Å². The number of carbonyl (C=O) groups excluding carboxylic acids is 1. The molecule has 2 aliphatic rings. The van der Waals surface area contributed by atoms with Gasteiger partial charge in [-0.2, -0.15) is 0 Å². The summed E-state index contributed by atoms with van der Waals surface area (Å²) < 4.78 is 1.71. The average Bonchev–Trinajstić information content (AvgIpc) is 2.40. The van der Waals surface area contributed by atoms with Gasteiger partial charge in [0.2, 0.25) is 5.78 Å². The zero-order valence-electron chi connectivity index (χ0n) is 5.59. The zero-order chi connectivity index (χ0) is 7.30. The van der Waals surface area contributed by atoms with Crippen LogP contribution in [0.2, 0.25) is 0 Å². The molecule has 3 heterocycles. The number of allylic oxidation sites excluding steroid dienone is 1. The summed E-state index contributed by atoms with van der Waals surface area (Å²) in [5.41, 5.74) is 1.39. The molecule has 0 saturated carbocycles. The van der Waals surface area contributed by atoms with Gasteiger partial charge in [-0.25, -0.2) is 4.98 Å². The van der Waals surface area contributed by atoms with E-state index in [0.717, 1.165) is 5.70 Å². The Hall–Kier alpha value is -1.38. The first-order chi connectivity index (χ1) is 4.70. The van der Waals surface area contributed by atoms with Crippen molar-refractivity contribution in [3.8, 4) is 0 Å². The molecule has 10 heavy (non-hydrogen) atoms. The van der Waals surface area contributed by atoms with Crippen LogP contribution in [0.4, 0.5) is 0 Å². The fourth-order valence-corrected chi connectivity index (χ4v) is 1.00. The summed E-state index contributed by atoms with van der Waals surface area (Å²) in [6.07, 6.45) is 1.71. The van der Waals surface area contributed by atoms with Crippen LogP contribution in [0.3, 0.4) is 0 Å². The lowest BCUT2D eigenvalue weighted by Gasteiger charge is -2.02. The summed E-state index contributed by atoms with van der Waals surface area (Å²) in [5, 5.41) is 0. The zero-order valence-corrected chi connectivity index (χ0v) is 5.59. The molecule has 0 N–H and O–H groups in total. The molecule has 0 radical (unpaired) electrons. The number of nitrogens with zero attached hydrogens (tertiary/aromatic N) is 2. The highest BCUT2D eigenvalue weighted by Gasteiger charge is 2.30. The molecular formula is C7H6N2O. The SMILES string of the molecule is C=C(C)n1cc2nc1C2=O. The first-order valence-corrected chi connectivity index (χ1v) is 3.00. The second-order valence-electron chi connectivity index (χ2n) is 2.38. The highest BCUT2D eigenvalue weighted by atomic mass is 16.1. The van der Waals surface area contributed by atoms with Gasteiger partial charge in [-0.05, 0) is 6.92 Å². The maximum absolute atomic E-state index is 10.9. The Kier molecular flexibility index (Phi) is 0.740. The normalized spacial score (nSPS) is 13.1. The lowest BCUT2D eigenvalue weighted by Crippen LogP contribution is -2.13. The van der Waals surface area contributed by atoms with Crippen LogP contribution in [0.25, 0.3) is 5.70 Å². The van der Waals surface area contributed by atoms with E-state index >= 15 is 0 Å². The molecule has 2 aliphatic heterocycles. The number of hydrogen-bond donors (Lipinski definition) is 0. The van der Waals surface area contributed by atoms with Gasteiger partial charge in [-0.15, -0.1) is 0 Å². The third-order valence-corrected chi connectivity index (χ3v) is 1.55. The minimum absolute atomic E-state index is 0.0444. The molecule has 0 amide bonds. The van der Waals surface area contributed by atoms with E-state index in [1.807, 2.05) is 6.92 Å². The van der Waals surface area contributed by atoms with Crippen molar-refractivity contribution in [2.75, 3.05) is 0 Å². The largest absolute Gasteiger partial charge is 0.301 e. The van der Waals surface area contributed by atoms with E-state index in [4.69, 9.17) is 0 Å². The van der Waals surface area contributed by atoms with Gasteiger partial charge >= 0.3 is 0 Å². The summed E-state index contributed by atoms with van der Waals surface area (Å²) in [4.78, 5) is 14.8. The topological polar surface area (TPSA) is 34.9 Å². The van der Waals surface area contributed by atoms with E-state index in [0.29, 0.717) is 11.5 Å². The van der Waals surface area contributed by atoms with Crippen molar-refractivity contribution in [2.45, 2.75) is 6.92 Å². The minimum atomic E-state index is 0.0444. The standard InChI is InChI=1S/C7H6N2O/c1-4(2)9-3-5-6(10)7(9)8-5/h3H,1H2,2H3. The maximum Gasteiger partial charge on any atom is 0.248 e. The van der Waals surface area contributed by atoms with Gasteiger partial charge in [-0.3, -0.25) is 4.79 Å². The fraction of sp³-hybridized carbons (Fsp3) is 0.143. The molecule has 0 atom stereocenters. The summed E-state index contributed by atoms with van der Waals surface area (Å²) >= 11 is 0. The molecule has 3 rings (SSSR count). The Morgan fingerprint density at radius 1 is 1.80 bits per heavy atom. The maximum atomic E-state index is 10.9. The van der Waals surface area contributed by atoms with Gasteiger partial charge in [0, 0.05) is 11.9 Å². The van der Waals surface area contributed by atoms with Crippen LogP contribution in [0, 0.1) is 0 Å². The third kappa shape index (κ3) is 0.409. The average molecular weight is 134 g/mol. The molecule has 0 aromatic carbocycles. The predicted molar refractivity (Wildman–Crippen MR) is 36.7 cm³/mol. The number of rotatable bonds is 1. The van der Waals surface area contributed by atoms with Gasteiger partial charge in [0.25, 0.3) is 0 Å². The van der Waals surface area contributed by atoms with Gasteiger partial charge in [0.15, 0.2) is 5.82 Å². The first kappa shape index (κ1) is 5.41. The molecular weight excluding hydrogens is 128 g/mol. The molecule has 0 unspecified atom stereocenters. The van der Waals surface area contributed by atoms with Crippen molar-refractivity contribution in [1.29, 1.82) is 0 Å². The second-order valence-corrected chi connectivity index (χ2v) is 2.38. The van der Waals surface area contributed by atoms with E-state index < -0.39 is 0 Å². The lowest BCUT2D eigenvalue weighted by molar-refractivity contribution is 0.100. The molecule has 3 heteroatoms. The van der Waals surface area contributed by atoms with Gasteiger partial charge in [0.1, 0.15) is 5.69 Å². The Morgan fingerprint density at radius 3 is 2.70 bits per heavy atom. The molecule has 0 aliphatic carbocycles. The van der Waals surface area contributed by atoms with Crippen molar-refractivity contribution in [3.63, 3.8) is 0 Å². The quantitative estimate of drug-likeness (QED) is 0.581. The van der Waals surface area contributed by atoms with E-state index in [2.05, 4.69) is 11.6 Å². The Morgan fingerprint density at radius 2 is 2.50 bits per heavy atom. The molecule has 0 fully saturated rings. The Bertz CT molecular complexity index is 335. The molecule has 3 nitrogen and oxygen atoms in total. The number of hydrogen-bond acceptors (Lipinski definition) is 2. The Balaban J connectivity index is 2.62. The molecule has 0 spiro atoms. The van der Waals surface area contributed by atoms with Crippen LogP contribution in [0.1, 0.15) is 23.2 Å². The fourth-order valence-electron chi connectivity index (χ4n) is 1.00. The van der Waals surface area contributed by atoms with E-state index in [9.17, 15) is 4.79 Å². The predicted octanol–water partition coefficient (Wildman–Crippen LogP) is 0.918. The van der Waals surface area contributed by atoms with Gasteiger partial charge in [0.05, 0.1) is 0 Å². The Labute approximate surface area is 58.0 Å². The minimum Gasteiger partial charge on any atom is -0.301 e. The number of carbonyl (C=O) groups is 1. The highest BCUT2D eigenvalue weighted by molar-refractivity contribution is 6.12. The monoisotopic (exact) mass is 134 g/mol. The van der Waals surface area contributed by atoms with Crippen LogP contribution >= 0.6 is 0 Å². The van der Waals surface area contributed by atoms with Gasteiger partial charge in [-0.1, -0.05) is 6.58 Å². The van der Waals surface area contributed by atoms with Crippen LogP contribution in [-0.4, -0.2) is 15.3 Å². The first-order valence-electron chi connectivity index (χ1n) is 3.00. The summed E-state index contributed by atoms with van der Waals surface area (Å²) in [6.45, 7) is 5.54. The van der Waals surface area contributed by atoms with Crippen molar-refractivity contribution < 1.29 is 4.79 Å². The van der Waals surface area contributed by atoms with Crippen molar-refractivity contribution in [1.82, 2.24) is 9.55 Å². The van der Waals surface area contributed by atoms with Crippen LogP contribution in [0.5, 0.6) is 0 Å². The molecule has 1 aromatic rings. The molecule has 50 valence electrons. The summed E-state index contributed by atoms with van der Waals surface area (Å²) in [5.74, 6) is 0.561. The number of aromatic nitrogens is 2. The van der Waals surface area contributed by atoms with Crippen molar-refractivity contribution in [2.24, 2.45) is 0 Å². The van der Waals surface area contributed by atoms with Crippen LogP contribution in [0.15, 0.2) is 12.8 Å². The van der Waals surface area contributed by atoms with Crippen LogP contribution in [-0.2, 0) is 0 Å².